The van der Waals surface area contributed by atoms with E-state index in [2.05, 4.69) is 138 Å². The lowest BCUT2D eigenvalue weighted by atomic mass is 9.92. The Morgan fingerprint density at radius 3 is 1.40 bits per heavy atom. The maximum absolute atomic E-state index is 12.1. The molecule has 0 fully saturated rings. The lowest BCUT2D eigenvalue weighted by Crippen LogP contribution is -1.92. The Bertz CT molecular complexity index is 1970. The number of nitrogens with one attached hydrogen (secondary N) is 1. The molecule has 0 radical (unpaired) electrons. The molecule has 1 heterocycles. The van der Waals surface area contributed by atoms with Crippen molar-refractivity contribution in [2.75, 3.05) is 0 Å². The summed E-state index contributed by atoms with van der Waals surface area (Å²) >= 11 is 0. The number of aromatic nitrogens is 1. The molecule has 0 aliphatic carbocycles. The molecule has 1 aromatic heterocycles. The summed E-state index contributed by atoms with van der Waals surface area (Å²) in [5, 5.41) is 14.3. The first-order chi connectivity index (χ1) is 20.8. The Labute approximate surface area is 245 Å². The van der Waals surface area contributed by atoms with Crippen LogP contribution >= 0.6 is 0 Å². The second kappa shape index (κ2) is 11.1. The number of rotatable bonds is 6. The van der Waals surface area contributed by atoms with Crippen LogP contribution in [0, 0.1) is 0 Å². The van der Waals surface area contributed by atoms with E-state index in [0.717, 1.165) is 66.3 Å². The predicted octanol–water partition coefficient (Wildman–Crippen LogP) is 10.2. The smallest absolute Gasteiger partial charge is 0.132 e. The van der Waals surface area contributed by atoms with Gasteiger partial charge >= 0.3 is 0 Å². The van der Waals surface area contributed by atoms with E-state index in [9.17, 15) is 5.11 Å². The molecule has 0 atom stereocenters. The molecule has 2 nitrogen and oxygen atoms in total. The van der Waals surface area contributed by atoms with Crippen molar-refractivity contribution in [1.29, 1.82) is 0 Å². The Balaban J connectivity index is 1.55. The minimum absolute atomic E-state index is 0.239. The fraction of sp³-hybridized carbons (Fsp3) is 0. The van der Waals surface area contributed by atoms with Crippen molar-refractivity contribution >= 4 is 45.1 Å². The van der Waals surface area contributed by atoms with Gasteiger partial charge in [-0.15, -0.1) is 0 Å². The first kappa shape index (κ1) is 25.4. The molecule has 2 N–H and O–H groups in total. The average molecular weight is 540 g/mol. The summed E-state index contributed by atoms with van der Waals surface area (Å²) in [6.45, 7) is 0. The Kier molecular flexibility index (Phi) is 6.71. The van der Waals surface area contributed by atoms with Crippen LogP contribution in [-0.4, -0.2) is 10.1 Å². The van der Waals surface area contributed by atoms with Gasteiger partial charge in [0.1, 0.15) is 5.75 Å². The minimum Gasteiger partial charge on any atom is -0.507 e. The standard InChI is InChI=1S/C40H29NO/c42-40-32(25-34(28-15-5-1-6-16-28)29-17-7-2-8-18-29)26-36-33-23-13-14-24-38(33)41-39(36)37(40)27-35(30-19-9-3-10-20-30)31-21-11-4-12-22-31/h1-27,41-42H. The zero-order valence-electron chi connectivity index (χ0n) is 23.0. The first-order valence-corrected chi connectivity index (χ1v) is 14.2. The Morgan fingerprint density at radius 1 is 0.476 bits per heavy atom. The SMILES string of the molecule is Oc1c(C=C(c2ccccc2)c2ccccc2)cc2c([nH]c3ccccc32)c1C=C(c1ccccc1)c1ccccc1. The molecule has 2 heteroatoms. The highest BCUT2D eigenvalue weighted by atomic mass is 16.3. The Morgan fingerprint density at radius 2 is 0.905 bits per heavy atom. The highest BCUT2D eigenvalue weighted by Gasteiger charge is 2.17. The zero-order chi connectivity index (χ0) is 28.3. The molecule has 0 aliphatic rings. The lowest BCUT2D eigenvalue weighted by Gasteiger charge is -2.14. The summed E-state index contributed by atoms with van der Waals surface area (Å²) in [7, 11) is 0. The maximum atomic E-state index is 12.1. The fourth-order valence-corrected chi connectivity index (χ4v) is 5.71. The Hall–Kier alpha value is -5.60. The van der Waals surface area contributed by atoms with Gasteiger partial charge in [0.25, 0.3) is 0 Å². The molecule has 0 amide bonds. The van der Waals surface area contributed by atoms with E-state index in [-0.39, 0.29) is 5.75 Å². The van der Waals surface area contributed by atoms with E-state index in [0.29, 0.717) is 0 Å². The van der Waals surface area contributed by atoms with Crippen molar-refractivity contribution in [3.8, 4) is 5.75 Å². The third-order valence-corrected chi connectivity index (χ3v) is 7.77. The van der Waals surface area contributed by atoms with Crippen LogP contribution in [0.15, 0.2) is 152 Å². The van der Waals surface area contributed by atoms with Crippen molar-refractivity contribution in [1.82, 2.24) is 4.98 Å². The number of phenolic OH excluding ortho intramolecular Hbond substituents is 1. The third kappa shape index (κ3) is 4.80. The first-order valence-electron chi connectivity index (χ1n) is 14.2. The van der Waals surface area contributed by atoms with Crippen LogP contribution in [0.2, 0.25) is 0 Å². The molecule has 0 aliphatic heterocycles. The summed E-state index contributed by atoms with van der Waals surface area (Å²) in [5.41, 5.74) is 9.92. The van der Waals surface area contributed by atoms with Crippen LogP contribution in [0.4, 0.5) is 0 Å². The van der Waals surface area contributed by atoms with Crippen LogP contribution < -0.4 is 0 Å². The van der Waals surface area contributed by atoms with Crippen molar-refractivity contribution in [3.63, 3.8) is 0 Å². The number of aromatic amines is 1. The number of H-pyrrole nitrogens is 1. The molecule has 0 saturated heterocycles. The number of para-hydroxylation sites is 1. The van der Waals surface area contributed by atoms with Crippen LogP contribution in [0.3, 0.4) is 0 Å². The van der Waals surface area contributed by atoms with Gasteiger partial charge in [0.15, 0.2) is 0 Å². The zero-order valence-corrected chi connectivity index (χ0v) is 23.0. The van der Waals surface area contributed by atoms with E-state index in [4.69, 9.17) is 0 Å². The molecule has 200 valence electrons. The van der Waals surface area contributed by atoms with Gasteiger partial charge in [-0.3, -0.25) is 0 Å². The summed E-state index contributed by atoms with van der Waals surface area (Å²) in [6.07, 6.45) is 4.24. The van der Waals surface area contributed by atoms with Crippen molar-refractivity contribution in [2.24, 2.45) is 0 Å². The fourth-order valence-electron chi connectivity index (χ4n) is 5.71. The number of benzene rings is 6. The van der Waals surface area contributed by atoms with E-state index in [1.54, 1.807) is 0 Å². The summed E-state index contributed by atoms with van der Waals surface area (Å²) in [4.78, 5) is 3.61. The largest absolute Gasteiger partial charge is 0.507 e. The van der Waals surface area contributed by atoms with Crippen LogP contribution in [0.5, 0.6) is 5.75 Å². The average Bonchev–Trinajstić information content (AvgIpc) is 3.43. The van der Waals surface area contributed by atoms with E-state index < -0.39 is 0 Å². The second-order valence-corrected chi connectivity index (χ2v) is 10.4. The van der Waals surface area contributed by atoms with Crippen LogP contribution in [-0.2, 0) is 0 Å². The molecule has 42 heavy (non-hydrogen) atoms. The molecule has 7 aromatic rings. The highest BCUT2D eigenvalue weighted by molar-refractivity contribution is 6.13. The minimum atomic E-state index is 0.239. The van der Waals surface area contributed by atoms with Gasteiger partial charge in [0, 0.05) is 27.4 Å². The van der Waals surface area contributed by atoms with Gasteiger partial charge in [-0.05, 0) is 57.7 Å². The summed E-state index contributed by atoms with van der Waals surface area (Å²) in [6, 6.07) is 51.9. The molecule has 0 bridgehead atoms. The topological polar surface area (TPSA) is 36.0 Å². The second-order valence-electron chi connectivity index (χ2n) is 10.4. The molecule has 6 aromatic carbocycles. The predicted molar refractivity (Wildman–Crippen MR) is 177 cm³/mol. The van der Waals surface area contributed by atoms with Gasteiger partial charge in [-0.2, -0.15) is 0 Å². The molecule has 0 saturated carbocycles. The van der Waals surface area contributed by atoms with Gasteiger partial charge in [-0.25, -0.2) is 0 Å². The lowest BCUT2D eigenvalue weighted by molar-refractivity contribution is 0.473. The molecular formula is C40H29NO. The molecule has 7 rings (SSSR count). The quantitative estimate of drug-likeness (QED) is 0.203. The third-order valence-electron chi connectivity index (χ3n) is 7.77. The van der Waals surface area contributed by atoms with Gasteiger partial charge in [0.2, 0.25) is 0 Å². The van der Waals surface area contributed by atoms with Gasteiger partial charge < -0.3 is 10.1 Å². The van der Waals surface area contributed by atoms with Crippen LogP contribution in [0.1, 0.15) is 33.4 Å². The van der Waals surface area contributed by atoms with E-state index in [1.807, 2.05) is 30.3 Å². The monoisotopic (exact) mass is 539 g/mol. The number of phenols is 1. The molecule has 0 unspecified atom stereocenters. The highest BCUT2D eigenvalue weighted by Crippen LogP contribution is 2.40. The van der Waals surface area contributed by atoms with Gasteiger partial charge in [0.05, 0.1) is 5.52 Å². The van der Waals surface area contributed by atoms with Crippen LogP contribution in [0.25, 0.3) is 45.1 Å². The van der Waals surface area contributed by atoms with Crippen molar-refractivity contribution in [2.45, 2.75) is 0 Å². The normalized spacial score (nSPS) is 11.0. The number of fused-ring (bicyclic) bond motifs is 3. The maximum Gasteiger partial charge on any atom is 0.132 e. The van der Waals surface area contributed by atoms with Crippen molar-refractivity contribution in [3.05, 3.63) is 185 Å². The molecular weight excluding hydrogens is 510 g/mol. The van der Waals surface area contributed by atoms with E-state index in [1.165, 1.54) is 0 Å². The summed E-state index contributed by atoms with van der Waals surface area (Å²) in [5.74, 6) is 0.239. The number of aromatic hydroxyl groups is 1. The molecule has 0 spiro atoms. The van der Waals surface area contributed by atoms with Gasteiger partial charge in [-0.1, -0.05) is 140 Å². The summed E-state index contributed by atoms with van der Waals surface area (Å²) < 4.78 is 0. The number of hydrogen-bond acceptors (Lipinski definition) is 1. The van der Waals surface area contributed by atoms with E-state index >= 15 is 0 Å². The van der Waals surface area contributed by atoms with Crippen molar-refractivity contribution < 1.29 is 5.11 Å². The number of hydrogen-bond donors (Lipinski definition) is 2.